The number of hydrogen-bond acceptors (Lipinski definition) is 3. The summed E-state index contributed by atoms with van der Waals surface area (Å²) in [5.74, 6) is 1.17. The molecule has 7 heteroatoms. The van der Waals surface area contributed by atoms with Crippen molar-refractivity contribution in [2.24, 2.45) is 7.05 Å². The van der Waals surface area contributed by atoms with Gasteiger partial charge < -0.3 is 9.47 Å². The lowest BCUT2D eigenvalue weighted by Gasteiger charge is -2.16. The molecule has 21 heavy (non-hydrogen) atoms. The average molecular weight is 310 g/mol. The van der Waals surface area contributed by atoms with Crippen LogP contribution in [0.25, 0.3) is 11.2 Å². The number of aromatic nitrogens is 4. The van der Waals surface area contributed by atoms with Gasteiger partial charge in [0.1, 0.15) is 17.9 Å². The van der Waals surface area contributed by atoms with Gasteiger partial charge in [-0.25, -0.2) is 4.98 Å². The van der Waals surface area contributed by atoms with Gasteiger partial charge in [0.25, 0.3) is 0 Å². The summed E-state index contributed by atoms with van der Waals surface area (Å²) in [7, 11) is 1.89. The number of aryl methyl sites for hydroxylation is 2. The lowest BCUT2D eigenvalue weighted by molar-refractivity contribution is -0.130. The molecule has 1 aliphatic heterocycles. The monoisotopic (exact) mass is 309 g/mol. The molecule has 0 unspecified atom stereocenters. The van der Waals surface area contributed by atoms with Crippen molar-refractivity contribution in [3.8, 4) is 0 Å². The summed E-state index contributed by atoms with van der Waals surface area (Å²) in [6.45, 7) is 4.06. The first kappa shape index (κ1) is 14.4. The zero-order chi connectivity index (χ0) is 15.0. The molecular formula is C14H20ClN5O. The smallest absolute Gasteiger partial charge is 0.242 e. The van der Waals surface area contributed by atoms with Crippen molar-refractivity contribution >= 4 is 28.7 Å². The predicted octanol–water partition coefficient (Wildman–Crippen LogP) is 1.69. The number of fused-ring (bicyclic) bond motifs is 1. The van der Waals surface area contributed by atoms with Crippen molar-refractivity contribution in [1.29, 1.82) is 0 Å². The lowest BCUT2D eigenvalue weighted by atomic mass is 10.3. The van der Waals surface area contributed by atoms with Crippen LogP contribution < -0.4 is 0 Å². The molecule has 0 saturated carbocycles. The summed E-state index contributed by atoms with van der Waals surface area (Å²) in [6, 6.07) is 0. The number of likely N-dealkylation sites (tertiary alicyclic amines) is 1. The van der Waals surface area contributed by atoms with Gasteiger partial charge in [-0.1, -0.05) is 6.92 Å². The third-order valence-corrected chi connectivity index (χ3v) is 4.32. The number of halogens is 1. The van der Waals surface area contributed by atoms with Crippen LogP contribution in [0.4, 0.5) is 0 Å². The molecule has 2 aromatic heterocycles. The second kappa shape index (κ2) is 5.67. The number of carbonyl (C=O) groups is 1. The molecule has 3 heterocycles. The summed E-state index contributed by atoms with van der Waals surface area (Å²) >= 11 is 6.01. The molecule has 1 amide bonds. The van der Waals surface area contributed by atoms with E-state index in [2.05, 4.69) is 17.0 Å². The summed E-state index contributed by atoms with van der Waals surface area (Å²) in [5, 5.41) is 4.47. The zero-order valence-electron chi connectivity index (χ0n) is 12.5. The van der Waals surface area contributed by atoms with Crippen molar-refractivity contribution < 1.29 is 4.79 Å². The Morgan fingerprint density at radius 1 is 1.33 bits per heavy atom. The molecule has 1 aliphatic rings. The summed E-state index contributed by atoms with van der Waals surface area (Å²) in [6.07, 6.45) is 3.01. The highest BCUT2D eigenvalue weighted by molar-refractivity contribution is 6.16. The number of amides is 1. The van der Waals surface area contributed by atoms with Crippen LogP contribution in [0.3, 0.4) is 0 Å². The Hall–Kier alpha value is -1.56. The largest absolute Gasteiger partial charge is 0.341 e. The van der Waals surface area contributed by atoms with Crippen LogP contribution >= 0.6 is 11.6 Å². The third kappa shape index (κ3) is 2.41. The van der Waals surface area contributed by atoms with Gasteiger partial charge in [-0.3, -0.25) is 9.48 Å². The number of imidazole rings is 1. The van der Waals surface area contributed by atoms with E-state index in [9.17, 15) is 4.79 Å². The van der Waals surface area contributed by atoms with Crippen LogP contribution in [0, 0.1) is 0 Å². The van der Waals surface area contributed by atoms with Crippen molar-refractivity contribution in [2.75, 3.05) is 13.1 Å². The molecule has 2 aromatic rings. The fourth-order valence-corrected chi connectivity index (χ4v) is 3.20. The SMILES string of the molecule is CCc1nn(C)c2c1nc(CCl)n2CC(=O)N1CCCC1. The second-order valence-electron chi connectivity index (χ2n) is 5.43. The molecule has 0 bridgehead atoms. The topological polar surface area (TPSA) is 56.0 Å². The fraction of sp³-hybridized carbons (Fsp3) is 0.643. The van der Waals surface area contributed by atoms with E-state index in [0.29, 0.717) is 12.4 Å². The molecule has 0 N–H and O–H groups in total. The van der Waals surface area contributed by atoms with E-state index in [1.807, 2.05) is 16.5 Å². The maximum absolute atomic E-state index is 12.4. The maximum atomic E-state index is 12.4. The maximum Gasteiger partial charge on any atom is 0.242 e. The average Bonchev–Trinajstić information content (AvgIpc) is 3.17. The van der Waals surface area contributed by atoms with Gasteiger partial charge in [-0.2, -0.15) is 5.10 Å². The Morgan fingerprint density at radius 3 is 2.67 bits per heavy atom. The van der Waals surface area contributed by atoms with Crippen molar-refractivity contribution in [3.05, 3.63) is 11.5 Å². The molecule has 0 aliphatic carbocycles. The third-order valence-electron chi connectivity index (χ3n) is 4.08. The number of carbonyl (C=O) groups excluding carboxylic acids is 1. The summed E-state index contributed by atoms with van der Waals surface area (Å²) in [4.78, 5) is 18.9. The van der Waals surface area contributed by atoms with E-state index >= 15 is 0 Å². The van der Waals surface area contributed by atoms with E-state index in [4.69, 9.17) is 11.6 Å². The molecule has 6 nitrogen and oxygen atoms in total. The highest BCUT2D eigenvalue weighted by Gasteiger charge is 2.23. The van der Waals surface area contributed by atoms with E-state index < -0.39 is 0 Å². The van der Waals surface area contributed by atoms with Crippen LogP contribution in [0.1, 0.15) is 31.3 Å². The first-order valence-electron chi connectivity index (χ1n) is 7.40. The Balaban J connectivity index is 1.99. The van der Waals surface area contributed by atoms with Gasteiger partial charge in [-0.05, 0) is 19.3 Å². The van der Waals surface area contributed by atoms with Crippen LogP contribution in [0.5, 0.6) is 0 Å². The van der Waals surface area contributed by atoms with E-state index in [0.717, 1.165) is 55.0 Å². The van der Waals surface area contributed by atoms with Crippen LogP contribution in [-0.4, -0.2) is 43.2 Å². The van der Waals surface area contributed by atoms with Crippen LogP contribution in [0.2, 0.25) is 0 Å². The van der Waals surface area contributed by atoms with Gasteiger partial charge >= 0.3 is 0 Å². The number of alkyl halides is 1. The van der Waals surface area contributed by atoms with Crippen molar-refractivity contribution in [3.63, 3.8) is 0 Å². The Bertz CT molecular complexity index is 668. The Kier molecular flexibility index (Phi) is 3.89. The first-order valence-corrected chi connectivity index (χ1v) is 7.93. The van der Waals surface area contributed by atoms with E-state index in [1.165, 1.54) is 0 Å². The quantitative estimate of drug-likeness (QED) is 0.808. The minimum absolute atomic E-state index is 0.136. The molecule has 3 rings (SSSR count). The normalized spacial score (nSPS) is 15.3. The van der Waals surface area contributed by atoms with Crippen LogP contribution in [-0.2, 0) is 30.7 Å². The van der Waals surface area contributed by atoms with Gasteiger partial charge in [0, 0.05) is 20.1 Å². The molecule has 114 valence electrons. The van der Waals surface area contributed by atoms with Crippen molar-refractivity contribution in [1.82, 2.24) is 24.2 Å². The summed E-state index contributed by atoms with van der Waals surface area (Å²) < 4.78 is 3.71. The lowest BCUT2D eigenvalue weighted by Crippen LogP contribution is -2.31. The fourth-order valence-electron chi connectivity index (χ4n) is 2.99. The highest BCUT2D eigenvalue weighted by Crippen LogP contribution is 2.21. The minimum Gasteiger partial charge on any atom is -0.341 e. The van der Waals surface area contributed by atoms with Gasteiger partial charge in [-0.15, -0.1) is 11.6 Å². The number of hydrogen-bond donors (Lipinski definition) is 0. The molecule has 0 aromatic carbocycles. The number of nitrogens with zero attached hydrogens (tertiary/aromatic N) is 5. The highest BCUT2D eigenvalue weighted by atomic mass is 35.5. The predicted molar refractivity (Wildman–Crippen MR) is 81.2 cm³/mol. The number of rotatable bonds is 4. The van der Waals surface area contributed by atoms with E-state index in [-0.39, 0.29) is 5.91 Å². The van der Waals surface area contributed by atoms with Gasteiger partial charge in [0.15, 0.2) is 5.65 Å². The Morgan fingerprint density at radius 2 is 2.05 bits per heavy atom. The molecule has 0 spiro atoms. The Labute approximate surface area is 128 Å². The van der Waals surface area contributed by atoms with Gasteiger partial charge in [0.05, 0.1) is 11.6 Å². The molecule has 1 fully saturated rings. The van der Waals surface area contributed by atoms with Crippen molar-refractivity contribution in [2.45, 2.75) is 38.6 Å². The molecular weight excluding hydrogens is 290 g/mol. The first-order chi connectivity index (χ1) is 10.2. The van der Waals surface area contributed by atoms with Crippen LogP contribution in [0.15, 0.2) is 0 Å². The summed E-state index contributed by atoms with van der Waals surface area (Å²) in [5.41, 5.74) is 2.70. The molecule has 0 atom stereocenters. The van der Waals surface area contributed by atoms with Gasteiger partial charge in [0.2, 0.25) is 5.91 Å². The minimum atomic E-state index is 0.136. The standard InChI is InChI=1S/C14H20ClN5O/c1-3-10-13-14(18(2)17-10)20(11(8-15)16-13)9-12(21)19-6-4-5-7-19/h3-9H2,1-2H3. The zero-order valence-corrected chi connectivity index (χ0v) is 13.2. The molecule has 0 radical (unpaired) electrons. The second-order valence-corrected chi connectivity index (χ2v) is 5.70. The molecule has 1 saturated heterocycles. The van der Waals surface area contributed by atoms with E-state index in [1.54, 1.807) is 4.68 Å².